The van der Waals surface area contributed by atoms with Crippen LogP contribution in [0.1, 0.15) is 15.9 Å². The Hall–Kier alpha value is -3.00. The van der Waals surface area contributed by atoms with Crippen LogP contribution in [0.3, 0.4) is 0 Å². The standard InChI is InChI=1S/C24H23NO5S/c26-24(30-18-19-6-8-21(9-7-19)20-4-2-1-3-5-20)22-10-12-23(13-11-22)31(27,28)25-14-16-29-17-15-25/h1-13H,14-18H2. The smallest absolute Gasteiger partial charge is 0.338 e. The monoisotopic (exact) mass is 437 g/mol. The van der Waals surface area contributed by atoms with Crippen molar-refractivity contribution >= 4 is 16.0 Å². The molecule has 1 aliphatic heterocycles. The van der Waals surface area contributed by atoms with Gasteiger partial charge >= 0.3 is 5.97 Å². The van der Waals surface area contributed by atoms with Gasteiger partial charge in [-0.2, -0.15) is 4.31 Å². The van der Waals surface area contributed by atoms with Crippen molar-refractivity contribution in [2.45, 2.75) is 11.5 Å². The molecule has 0 bridgehead atoms. The van der Waals surface area contributed by atoms with Crippen molar-refractivity contribution in [3.8, 4) is 11.1 Å². The fourth-order valence-corrected chi connectivity index (χ4v) is 4.76. The van der Waals surface area contributed by atoms with Crippen LogP contribution in [0, 0.1) is 0 Å². The fourth-order valence-electron chi connectivity index (χ4n) is 3.36. The van der Waals surface area contributed by atoms with Gasteiger partial charge in [0, 0.05) is 13.1 Å². The van der Waals surface area contributed by atoms with Gasteiger partial charge in [-0.25, -0.2) is 13.2 Å². The number of hydrogen-bond acceptors (Lipinski definition) is 5. The summed E-state index contributed by atoms with van der Waals surface area (Å²) in [6, 6.07) is 23.7. The molecule has 7 heteroatoms. The van der Waals surface area contributed by atoms with E-state index in [1.54, 1.807) is 0 Å². The van der Waals surface area contributed by atoms with Gasteiger partial charge in [-0.3, -0.25) is 0 Å². The van der Waals surface area contributed by atoms with Gasteiger partial charge in [0.2, 0.25) is 10.0 Å². The average molecular weight is 438 g/mol. The molecule has 0 saturated carbocycles. The van der Waals surface area contributed by atoms with Gasteiger partial charge in [-0.15, -0.1) is 0 Å². The summed E-state index contributed by atoms with van der Waals surface area (Å²) in [6.45, 7) is 1.57. The van der Waals surface area contributed by atoms with Crippen LogP contribution in [0.5, 0.6) is 0 Å². The Morgan fingerprint density at radius 2 is 1.45 bits per heavy atom. The molecule has 160 valence electrons. The molecule has 0 atom stereocenters. The number of nitrogens with zero attached hydrogens (tertiary/aromatic N) is 1. The predicted molar refractivity (Wildman–Crippen MR) is 117 cm³/mol. The third-order valence-electron chi connectivity index (χ3n) is 5.13. The third-order valence-corrected chi connectivity index (χ3v) is 7.04. The molecule has 1 saturated heterocycles. The van der Waals surface area contributed by atoms with E-state index in [1.807, 2.05) is 54.6 Å². The molecule has 4 rings (SSSR count). The maximum Gasteiger partial charge on any atom is 0.338 e. The first kappa shape index (κ1) is 21.2. The first-order valence-electron chi connectivity index (χ1n) is 10.0. The Bertz CT molecular complexity index is 1120. The molecule has 1 aliphatic rings. The number of benzene rings is 3. The van der Waals surface area contributed by atoms with E-state index in [0.29, 0.717) is 31.9 Å². The van der Waals surface area contributed by atoms with Gasteiger partial charge in [0.15, 0.2) is 0 Å². The van der Waals surface area contributed by atoms with Crippen LogP contribution in [0.15, 0.2) is 83.8 Å². The SMILES string of the molecule is O=C(OCc1ccc(-c2ccccc2)cc1)c1ccc(S(=O)(=O)N2CCOCC2)cc1. The summed E-state index contributed by atoms with van der Waals surface area (Å²) in [5, 5.41) is 0. The number of sulfonamides is 1. The molecular formula is C24H23NO5S. The molecule has 0 radical (unpaired) electrons. The van der Waals surface area contributed by atoms with Gasteiger partial charge in [-0.05, 0) is 41.0 Å². The molecule has 3 aromatic rings. The molecule has 0 spiro atoms. The number of morpholine rings is 1. The van der Waals surface area contributed by atoms with Crippen LogP contribution in [0.25, 0.3) is 11.1 Å². The summed E-state index contributed by atoms with van der Waals surface area (Å²) < 4.78 is 37.3. The van der Waals surface area contributed by atoms with Crippen molar-refractivity contribution in [3.05, 3.63) is 90.0 Å². The molecule has 31 heavy (non-hydrogen) atoms. The lowest BCUT2D eigenvalue weighted by molar-refractivity contribution is 0.0472. The van der Waals surface area contributed by atoms with E-state index < -0.39 is 16.0 Å². The lowest BCUT2D eigenvalue weighted by Crippen LogP contribution is -2.40. The molecule has 0 unspecified atom stereocenters. The van der Waals surface area contributed by atoms with Gasteiger partial charge in [0.1, 0.15) is 6.61 Å². The zero-order valence-corrected chi connectivity index (χ0v) is 17.8. The van der Waals surface area contributed by atoms with Gasteiger partial charge < -0.3 is 9.47 Å². The van der Waals surface area contributed by atoms with Crippen LogP contribution in [-0.2, 0) is 26.1 Å². The maximum atomic E-state index is 12.7. The molecule has 0 aromatic heterocycles. The van der Waals surface area contributed by atoms with Crippen molar-refractivity contribution in [2.24, 2.45) is 0 Å². The quantitative estimate of drug-likeness (QED) is 0.550. The third kappa shape index (κ3) is 5.02. The van der Waals surface area contributed by atoms with E-state index in [-0.39, 0.29) is 11.5 Å². The lowest BCUT2D eigenvalue weighted by Gasteiger charge is -2.26. The van der Waals surface area contributed by atoms with Crippen LogP contribution in [-0.4, -0.2) is 45.0 Å². The van der Waals surface area contributed by atoms with Crippen LogP contribution >= 0.6 is 0 Å². The highest BCUT2D eigenvalue weighted by atomic mass is 32.2. The summed E-state index contributed by atoms with van der Waals surface area (Å²) >= 11 is 0. The van der Waals surface area contributed by atoms with E-state index in [4.69, 9.17) is 9.47 Å². The van der Waals surface area contributed by atoms with Crippen molar-refractivity contribution in [2.75, 3.05) is 26.3 Å². The minimum Gasteiger partial charge on any atom is -0.457 e. The first-order valence-corrected chi connectivity index (χ1v) is 11.5. The van der Waals surface area contributed by atoms with E-state index in [9.17, 15) is 13.2 Å². The molecule has 1 heterocycles. The Labute approximate surface area is 182 Å². The number of rotatable bonds is 6. The molecule has 1 fully saturated rings. The predicted octanol–water partition coefficient (Wildman–Crippen LogP) is 3.73. The largest absolute Gasteiger partial charge is 0.457 e. The van der Waals surface area contributed by atoms with Crippen molar-refractivity contribution in [1.29, 1.82) is 0 Å². The van der Waals surface area contributed by atoms with Gasteiger partial charge in [-0.1, -0.05) is 54.6 Å². The Morgan fingerprint density at radius 3 is 2.10 bits per heavy atom. The molecular weight excluding hydrogens is 414 g/mol. The molecule has 0 N–H and O–H groups in total. The zero-order chi connectivity index (χ0) is 21.7. The summed E-state index contributed by atoms with van der Waals surface area (Å²) in [7, 11) is -3.59. The Kier molecular flexibility index (Phi) is 6.46. The van der Waals surface area contributed by atoms with Gasteiger partial charge in [0.05, 0.1) is 23.7 Å². The molecule has 0 amide bonds. The summed E-state index contributed by atoms with van der Waals surface area (Å²) in [4.78, 5) is 12.5. The lowest BCUT2D eigenvalue weighted by atomic mass is 10.0. The second-order valence-electron chi connectivity index (χ2n) is 7.18. The van der Waals surface area contributed by atoms with E-state index >= 15 is 0 Å². The highest BCUT2D eigenvalue weighted by molar-refractivity contribution is 7.89. The number of carbonyl (C=O) groups excluding carboxylic acids is 1. The summed E-state index contributed by atoms with van der Waals surface area (Å²) in [6.07, 6.45) is 0. The topological polar surface area (TPSA) is 72.9 Å². The summed E-state index contributed by atoms with van der Waals surface area (Å²) in [5.74, 6) is -0.498. The number of esters is 1. The molecule has 0 aliphatic carbocycles. The van der Waals surface area contributed by atoms with Crippen molar-refractivity contribution in [1.82, 2.24) is 4.31 Å². The second-order valence-corrected chi connectivity index (χ2v) is 9.12. The van der Waals surface area contributed by atoms with E-state index in [1.165, 1.54) is 28.6 Å². The molecule has 3 aromatic carbocycles. The van der Waals surface area contributed by atoms with E-state index in [2.05, 4.69) is 0 Å². The number of ether oxygens (including phenoxy) is 2. The minimum atomic E-state index is -3.59. The van der Waals surface area contributed by atoms with Crippen molar-refractivity contribution in [3.63, 3.8) is 0 Å². The fraction of sp³-hybridized carbons (Fsp3) is 0.208. The number of hydrogen-bond donors (Lipinski definition) is 0. The van der Waals surface area contributed by atoms with Crippen LogP contribution in [0.2, 0.25) is 0 Å². The maximum absolute atomic E-state index is 12.7. The average Bonchev–Trinajstić information content (AvgIpc) is 2.84. The zero-order valence-electron chi connectivity index (χ0n) is 16.9. The van der Waals surface area contributed by atoms with Crippen molar-refractivity contribution < 1.29 is 22.7 Å². The van der Waals surface area contributed by atoms with Gasteiger partial charge in [0.25, 0.3) is 0 Å². The Morgan fingerprint density at radius 1 is 0.839 bits per heavy atom. The second kappa shape index (κ2) is 9.43. The highest BCUT2D eigenvalue weighted by Crippen LogP contribution is 2.20. The number of carbonyl (C=O) groups is 1. The highest BCUT2D eigenvalue weighted by Gasteiger charge is 2.26. The Balaban J connectivity index is 1.37. The van der Waals surface area contributed by atoms with Crippen LogP contribution in [0.4, 0.5) is 0 Å². The summed E-state index contributed by atoms with van der Waals surface area (Å²) in [5.41, 5.74) is 3.40. The van der Waals surface area contributed by atoms with E-state index in [0.717, 1.165) is 16.7 Å². The normalized spacial score (nSPS) is 14.8. The first-order chi connectivity index (χ1) is 15.0. The van der Waals surface area contributed by atoms with Crippen LogP contribution < -0.4 is 0 Å². The minimum absolute atomic E-state index is 0.141. The molecule has 6 nitrogen and oxygen atoms in total.